The SMILES string of the molecule is Cn1nc(C(=O)OCCCc2ccccc2)c2ccccc2c1=O. The molecule has 0 aliphatic carbocycles. The molecule has 0 amide bonds. The first-order valence-electron chi connectivity index (χ1n) is 7.84. The second-order valence-corrected chi connectivity index (χ2v) is 5.55. The number of ether oxygens (including phenoxy) is 1. The largest absolute Gasteiger partial charge is 0.461 e. The number of carbonyl (C=O) groups is 1. The van der Waals surface area contributed by atoms with Crippen molar-refractivity contribution in [3.8, 4) is 0 Å². The summed E-state index contributed by atoms with van der Waals surface area (Å²) in [6.07, 6.45) is 1.58. The third kappa shape index (κ3) is 3.35. The number of nitrogens with zero attached hydrogens (tertiary/aromatic N) is 2. The van der Waals surface area contributed by atoms with Gasteiger partial charge >= 0.3 is 5.97 Å². The van der Waals surface area contributed by atoms with E-state index in [2.05, 4.69) is 5.10 Å². The molecule has 0 radical (unpaired) electrons. The smallest absolute Gasteiger partial charge is 0.359 e. The molecule has 1 heterocycles. The van der Waals surface area contributed by atoms with Crippen LogP contribution in [0.1, 0.15) is 22.5 Å². The number of hydrogen-bond acceptors (Lipinski definition) is 4. The van der Waals surface area contributed by atoms with Gasteiger partial charge in [-0.05, 0) is 24.5 Å². The first-order chi connectivity index (χ1) is 11.7. The highest BCUT2D eigenvalue weighted by atomic mass is 16.5. The van der Waals surface area contributed by atoms with E-state index >= 15 is 0 Å². The highest BCUT2D eigenvalue weighted by Gasteiger charge is 2.16. The normalized spacial score (nSPS) is 10.7. The van der Waals surface area contributed by atoms with Gasteiger partial charge in [0, 0.05) is 12.4 Å². The molecule has 5 nitrogen and oxygen atoms in total. The molecule has 122 valence electrons. The van der Waals surface area contributed by atoms with Crippen LogP contribution in [-0.4, -0.2) is 22.4 Å². The molecule has 0 bridgehead atoms. The quantitative estimate of drug-likeness (QED) is 0.535. The van der Waals surface area contributed by atoms with Crippen LogP contribution in [0.3, 0.4) is 0 Å². The van der Waals surface area contributed by atoms with Gasteiger partial charge in [0.15, 0.2) is 5.69 Å². The summed E-state index contributed by atoms with van der Waals surface area (Å²) in [6, 6.07) is 17.0. The predicted molar refractivity (Wildman–Crippen MR) is 92.0 cm³/mol. The lowest BCUT2D eigenvalue weighted by Gasteiger charge is -2.08. The number of fused-ring (bicyclic) bond motifs is 1. The minimum Gasteiger partial charge on any atom is -0.461 e. The fourth-order valence-corrected chi connectivity index (χ4v) is 2.60. The summed E-state index contributed by atoms with van der Waals surface area (Å²) < 4.78 is 6.51. The predicted octanol–water partition coefficient (Wildman–Crippen LogP) is 2.72. The third-order valence-corrected chi connectivity index (χ3v) is 3.84. The number of benzene rings is 2. The Morgan fingerprint density at radius 2 is 1.71 bits per heavy atom. The summed E-state index contributed by atoms with van der Waals surface area (Å²) in [7, 11) is 1.53. The van der Waals surface area contributed by atoms with E-state index < -0.39 is 5.97 Å². The van der Waals surface area contributed by atoms with E-state index in [1.54, 1.807) is 24.3 Å². The van der Waals surface area contributed by atoms with Crippen LogP contribution in [0.5, 0.6) is 0 Å². The standard InChI is InChI=1S/C19H18N2O3/c1-21-18(22)16-12-6-5-11-15(16)17(20-21)19(23)24-13-7-10-14-8-3-2-4-9-14/h2-6,8-9,11-12H,7,10,13H2,1H3. The van der Waals surface area contributed by atoms with Crippen LogP contribution < -0.4 is 5.56 Å². The van der Waals surface area contributed by atoms with Gasteiger partial charge in [-0.15, -0.1) is 0 Å². The second kappa shape index (κ2) is 7.08. The summed E-state index contributed by atoms with van der Waals surface area (Å²) in [5.41, 5.74) is 1.15. The number of esters is 1. The van der Waals surface area contributed by atoms with Gasteiger partial charge in [-0.2, -0.15) is 5.10 Å². The molecular formula is C19H18N2O3. The van der Waals surface area contributed by atoms with Crippen LogP contribution in [0.15, 0.2) is 59.4 Å². The molecule has 3 rings (SSSR count). The number of carbonyl (C=O) groups excluding carboxylic acids is 1. The van der Waals surface area contributed by atoms with Crippen LogP contribution in [-0.2, 0) is 18.2 Å². The van der Waals surface area contributed by atoms with Gasteiger partial charge in [0.1, 0.15) is 0 Å². The fraction of sp³-hybridized carbons (Fsp3) is 0.211. The van der Waals surface area contributed by atoms with E-state index in [0.717, 1.165) is 12.8 Å². The van der Waals surface area contributed by atoms with E-state index in [1.165, 1.54) is 17.3 Å². The molecule has 0 atom stereocenters. The van der Waals surface area contributed by atoms with E-state index in [9.17, 15) is 9.59 Å². The Balaban J connectivity index is 1.70. The summed E-state index contributed by atoms with van der Waals surface area (Å²) in [5, 5.41) is 5.05. The van der Waals surface area contributed by atoms with Crippen molar-refractivity contribution in [3.05, 3.63) is 76.2 Å². The van der Waals surface area contributed by atoms with E-state index in [0.29, 0.717) is 17.4 Å². The monoisotopic (exact) mass is 322 g/mol. The van der Waals surface area contributed by atoms with Crippen LogP contribution in [0.25, 0.3) is 10.8 Å². The maximum absolute atomic E-state index is 12.3. The molecule has 3 aromatic rings. The Morgan fingerprint density at radius 1 is 1.04 bits per heavy atom. The molecule has 0 saturated carbocycles. The minimum absolute atomic E-state index is 0.174. The summed E-state index contributed by atoms with van der Waals surface area (Å²) in [4.78, 5) is 24.4. The summed E-state index contributed by atoms with van der Waals surface area (Å²) >= 11 is 0. The highest BCUT2D eigenvalue weighted by molar-refractivity contribution is 6.02. The van der Waals surface area contributed by atoms with Crippen molar-refractivity contribution in [2.24, 2.45) is 7.05 Å². The van der Waals surface area contributed by atoms with Crippen molar-refractivity contribution in [1.29, 1.82) is 0 Å². The van der Waals surface area contributed by atoms with Crippen LogP contribution in [0.4, 0.5) is 0 Å². The number of hydrogen-bond donors (Lipinski definition) is 0. The Hall–Kier alpha value is -2.95. The van der Waals surface area contributed by atoms with Gasteiger partial charge in [-0.3, -0.25) is 4.79 Å². The average molecular weight is 322 g/mol. The van der Waals surface area contributed by atoms with Gasteiger partial charge < -0.3 is 4.74 Å². The zero-order valence-corrected chi connectivity index (χ0v) is 13.4. The van der Waals surface area contributed by atoms with Crippen molar-refractivity contribution >= 4 is 16.7 Å². The molecule has 5 heteroatoms. The lowest BCUT2D eigenvalue weighted by Crippen LogP contribution is -2.24. The summed E-state index contributed by atoms with van der Waals surface area (Å²) in [5.74, 6) is -0.505. The Bertz CT molecular complexity index is 917. The van der Waals surface area contributed by atoms with Gasteiger partial charge in [0.25, 0.3) is 5.56 Å². The van der Waals surface area contributed by atoms with Crippen molar-refractivity contribution < 1.29 is 9.53 Å². The van der Waals surface area contributed by atoms with Crippen molar-refractivity contribution in [2.75, 3.05) is 6.61 Å². The lowest BCUT2D eigenvalue weighted by molar-refractivity contribution is 0.0493. The number of aryl methyl sites for hydroxylation is 2. The average Bonchev–Trinajstić information content (AvgIpc) is 2.62. The molecule has 2 aromatic carbocycles. The molecule has 0 saturated heterocycles. The molecule has 0 unspecified atom stereocenters. The molecular weight excluding hydrogens is 304 g/mol. The zero-order valence-electron chi connectivity index (χ0n) is 13.4. The Morgan fingerprint density at radius 3 is 2.46 bits per heavy atom. The first kappa shape index (κ1) is 15.9. The van der Waals surface area contributed by atoms with Crippen molar-refractivity contribution in [2.45, 2.75) is 12.8 Å². The van der Waals surface area contributed by atoms with Gasteiger partial charge in [0.2, 0.25) is 0 Å². The number of rotatable bonds is 5. The van der Waals surface area contributed by atoms with Gasteiger partial charge in [-0.25, -0.2) is 9.48 Å². The molecule has 0 spiro atoms. The molecule has 0 N–H and O–H groups in total. The maximum Gasteiger partial charge on any atom is 0.359 e. The van der Waals surface area contributed by atoms with Crippen molar-refractivity contribution in [1.82, 2.24) is 9.78 Å². The van der Waals surface area contributed by atoms with E-state index in [1.807, 2.05) is 30.3 Å². The van der Waals surface area contributed by atoms with E-state index in [4.69, 9.17) is 4.74 Å². The number of aromatic nitrogens is 2. The van der Waals surface area contributed by atoms with Crippen LogP contribution in [0.2, 0.25) is 0 Å². The summed E-state index contributed by atoms with van der Waals surface area (Å²) in [6.45, 7) is 0.312. The lowest BCUT2D eigenvalue weighted by atomic mass is 10.1. The highest BCUT2D eigenvalue weighted by Crippen LogP contribution is 2.14. The molecule has 24 heavy (non-hydrogen) atoms. The van der Waals surface area contributed by atoms with E-state index in [-0.39, 0.29) is 11.3 Å². The van der Waals surface area contributed by atoms with Crippen LogP contribution >= 0.6 is 0 Å². The Labute approximate surface area is 139 Å². The molecule has 0 aliphatic rings. The second-order valence-electron chi connectivity index (χ2n) is 5.55. The van der Waals surface area contributed by atoms with Crippen LogP contribution in [0, 0.1) is 0 Å². The fourth-order valence-electron chi connectivity index (χ4n) is 2.60. The zero-order chi connectivity index (χ0) is 16.9. The maximum atomic E-state index is 12.3. The van der Waals surface area contributed by atoms with Gasteiger partial charge in [0.05, 0.1) is 12.0 Å². The molecule has 1 aromatic heterocycles. The minimum atomic E-state index is -0.505. The third-order valence-electron chi connectivity index (χ3n) is 3.84. The molecule has 0 aliphatic heterocycles. The van der Waals surface area contributed by atoms with Gasteiger partial charge in [-0.1, -0.05) is 48.5 Å². The first-order valence-corrected chi connectivity index (χ1v) is 7.84. The molecule has 0 fully saturated rings. The van der Waals surface area contributed by atoms with Crippen molar-refractivity contribution in [3.63, 3.8) is 0 Å². The topological polar surface area (TPSA) is 61.2 Å². The Kier molecular flexibility index (Phi) is 4.70.